The number of nitrogens with zero attached hydrogens (tertiary/aromatic N) is 3. The summed E-state index contributed by atoms with van der Waals surface area (Å²) in [5.74, 6) is 0.0956. The molecule has 2 heterocycles. The zero-order valence-electron chi connectivity index (χ0n) is 10.9. The number of nitrogens with two attached hydrogens (primary N) is 1. The molecule has 1 aromatic rings. The molecule has 0 aromatic carbocycles. The van der Waals surface area contributed by atoms with Crippen LogP contribution in [0.2, 0.25) is 0 Å². The summed E-state index contributed by atoms with van der Waals surface area (Å²) in [6.07, 6.45) is 3.38. The Morgan fingerprint density at radius 1 is 1.44 bits per heavy atom. The Morgan fingerprint density at radius 2 is 2.11 bits per heavy atom. The van der Waals surface area contributed by atoms with Crippen LogP contribution in [-0.4, -0.2) is 46.7 Å². The topological polar surface area (TPSA) is 73.4 Å². The van der Waals surface area contributed by atoms with E-state index in [0.29, 0.717) is 26.3 Å². The van der Waals surface area contributed by atoms with Crippen molar-refractivity contribution in [3.63, 3.8) is 0 Å². The number of ether oxygens (including phenoxy) is 1. The maximum Gasteiger partial charge on any atom is 0.245 e. The number of carbonyl (C=O) groups excluding carboxylic acids is 1. The van der Waals surface area contributed by atoms with E-state index in [0.717, 1.165) is 5.69 Å². The fraction of sp³-hybridized carbons (Fsp3) is 0.667. The van der Waals surface area contributed by atoms with Crippen molar-refractivity contribution >= 4 is 5.91 Å². The lowest BCUT2D eigenvalue weighted by atomic mass is 10.2. The van der Waals surface area contributed by atoms with Crippen molar-refractivity contribution in [1.82, 2.24) is 14.5 Å². The van der Waals surface area contributed by atoms with Crippen molar-refractivity contribution in [1.29, 1.82) is 0 Å². The minimum atomic E-state index is -0.272. The maximum atomic E-state index is 12.4. The van der Waals surface area contributed by atoms with Crippen molar-refractivity contribution in [2.45, 2.75) is 25.9 Å². The van der Waals surface area contributed by atoms with Crippen LogP contribution < -0.4 is 5.73 Å². The molecular weight excluding hydrogens is 232 g/mol. The summed E-state index contributed by atoms with van der Waals surface area (Å²) in [5.41, 5.74) is 6.75. The molecule has 100 valence electrons. The van der Waals surface area contributed by atoms with Crippen molar-refractivity contribution < 1.29 is 9.53 Å². The number of morpholine rings is 1. The van der Waals surface area contributed by atoms with E-state index in [1.54, 1.807) is 12.5 Å². The molecule has 1 aliphatic heterocycles. The van der Waals surface area contributed by atoms with Gasteiger partial charge in [-0.1, -0.05) is 0 Å². The summed E-state index contributed by atoms with van der Waals surface area (Å²) in [5, 5.41) is 0. The first kappa shape index (κ1) is 13.0. The zero-order chi connectivity index (χ0) is 13.1. The van der Waals surface area contributed by atoms with Crippen molar-refractivity contribution in [3.8, 4) is 0 Å². The Kier molecular flexibility index (Phi) is 3.98. The van der Waals surface area contributed by atoms with Crippen LogP contribution in [0.1, 0.15) is 31.6 Å². The Labute approximate surface area is 107 Å². The highest BCUT2D eigenvalue weighted by Crippen LogP contribution is 2.17. The molecule has 1 saturated heterocycles. The van der Waals surface area contributed by atoms with E-state index in [9.17, 15) is 4.79 Å². The molecule has 0 spiro atoms. The largest absolute Gasteiger partial charge is 0.378 e. The summed E-state index contributed by atoms with van der Waals surface area (Å²) >= 11 is 0. The third-order valence-electron chi connectivity index (χ3n) is 3.26. The Balaban J connectivity index is 2.12. The molecule has 18 heavy (non-hydrogen) atoms. The van der Waals surface area contributed by atoms with E-state index in [1.807, 2.05) is 23.3 Å². The SMILES string of the molecule is CC(C(=O)N1CCOCC1)n1cncc1[C@H](C)N. The molecule has 1 aliphatic rings. The van der Waals surface area contributed by atoms with Crippen LogP contribution in [0, 0.1) is 0 Å². The Hall–Kier alpha value is -1.40. The van der Waals surface area contributed by atoms with Gasteiger partial charge >= 0.3 is 0 Å². The maximum absolute atomic E-state index is 12.4. The van der Waals surface area contributed by atoms with Gasteiger partial charge in [0.25, 0.3) is 0 Å². The van der Waals surface area contributed by atoms with Crippen molar-refractivity contribution in [3.05, 3.63) is 18.2 Å². The molecule has 1 fully saturated rings. The fourth-order valence-corrected chi connectivity index (χ4v) is 2.16. The molecule has 6 heteroatoms. The molecule has 1 unspecified atom stereocenters. The van der Waals surface area contributed by atoms with E-state index in [4.69, 9.17) is 10.5 Å². The number of carbonyl (C=O) groups is 1. The highest BCUT2D eigenvalue weighted by molar-refractivity contribution is 5.80. The van der Waals surface area contributed by atoms with Gasteiger partial charge in [-0.05, 0) is 13.8 Å². The van der Waals surface area contributed by atoms with Gasteiger partial charge in [0, 0.05) is 25.3 Å². The van der Waals surface area contributed by atoms with Gasteiger partial charge in [-0.15, -0.1) is 0 Å². The summed E-state index contributed by atoms with van der Waals surface area (Å²) in [7, 11) is 0. The molecule has 1 aromatic heterocycles. The van der Waals surface area contributed by atoms with Crippen LogP contribution in [0.4, 0.5) is 0 Å². The molecule has 0 aliphatic carbocycles. The predicted octanol–water partition coefficient (Wildman–Crippen LogP) is 0.323. The van der Waals surface area contributed by atoms with Gasteiger partial charge in [-0.25, -0.2) is 4.98 Å². The second-order valence-electron chi connectivity index (χ2n) is 4.63. The molecule has 2 atom stereocenters. The van der Waals surface area contributed by atoms with Crippen molar-refractivity contribution in [2.75, 3.05) is 26.3 Å². The van der Waals surface area contributed by atoms with Gasteiger partial charge in [0.1, 0.15) is 6.04 Å². The quantitative estimate of drug-likeness (QED) is 0.841. The second kappa shape index (κ2) is 5.49. The van der Waals surface area contributed by atoms with Crippen LogP contribution >= 0.6 is 0 Å². The van der Waals surface area contributed by atoms with Gasteiger partial charge in [-0.3, -0.25) is 4.79 Å². The van der Waals surface area contributed by atoms with Crippen LogP contribution in [0.3, 0.4) is 0 Å². The lowest BCUT2D eigenvalue weighted by Gasteiger charge is -2.30. The standard InChI is InChI=1S/C12H20N4O2/c1-9(13)11-7-14-8-16(11)10(2)12(17)15-3-5-18-6-4-15/h7-10H,3-6,13H2,1-2H3/t9-,10?/m0/s1. The predicted molar refractivity (Wildman–Crippen MR) is 66.9 cm³/mol. The van der Waals surface area contributed by atoms with Gasteiger partial charge in [0.15, 0.2) is 0 Å². The zero-order valence-corrected chi connectivity index (χ0v) is 10.9. The van der Waals surface area contributed by atoms with Crippen LogP contribution in [0.25, 0.3) is 0 Å². The Morgan fingerprint density at radius 3 is 2.72 bits per heavy atom. The lowest BCUT2D eigenvalue weighted by molar-refractivity contribution is -0.138. The van der Waals surface area contributed by atoms with Crippen LogP contribution in [-0.2, 0) is 9.53 Å². The minimum absolute atomic E-state index is 0.0956. The third-order valence-corrected chi connectivity index (χ3v) is 3.26. The number of hydrogen-bond donors (Lipinski definition) is 1. The third kappa shape index (κ3) is 2.54. The van der Waals surface area contributed by atoms with E-state index in [1.165, 1.54) is 0 Å². The first-order valence-electron chi connectivity index (χ1n) is 6.25. The summed E-state index contributed by atoms with van der Waals surface area (Å²) in [6.45, 7) is 6.31. The van der Waals surface area contributed by atoms with Gasteiger partial charge in [-0.2, -0.15) is 0 Å². The molecule has 2 rings (SSSR count). The summed E-state index contributed by atoms with van der Waals surface area (Å²) in [4.78, 5) is 18.3. The average molecular weight is 252 g/mol. The monoisotopic (exact) mass is 252 g/mol. The molecule has 6 nitrogen and oxygen atoms in total. The normalized spacial score (nSPS) is 19.6. The summed E-state index contributed by atoms with van der Waals surface area (Å²) < 4.78 is 7.10. The van der Waals surface area contributed by atoms with E-state index < -0.39 is 0 Å². The molecule has 2 N–H and O–H groups in total. The minimum Gasteiger partial charge on any atom is -0.378 e. The molecule has 0 radical (unpaired) electrons. The van der Waals surface area contributed by atoms with Gasteiger partial charge in [0.05, 0.1) is 25.2 Å². The second-order valence-corrected chi connectivity index (χ2v) is 4.63. The van der Waals surface area contributed by atoms with Gasteiger partial charge in [0.2, 0.25) is 5.91 Å². The average Bonchev–Trinajstić information content (AvgIpc) is 2.87. The highest BCUT2D eigenvalue weighted by atomic mass is 16.5. The van der Waals surface area contributed by atoms with Crippen molar-refractivity contribution in [2.24, 2.45) is 5.73 Å². The number of rotatable bonds is 3. The van der Waals surface area contributed by atoms with Crippen LogP contribution in [0.5, 0.6) is 0 Å². The molecule has 0 bridgehead atoms. The fourth-order valence-electron chi connectivity index (χ4n) is 2.16. The Bertz CT molecular complexity index is 410. The summed E-state index contributed by atoms with van der Waals surface area (Å²) in [6, 6.07) is -0.404. The van der Waals surface area contributed by atoms with Crippen LogP contribution in [0.15, 0.2) is 12.5 Å². The first-order chi connectivity index (χ1) is 8.61. The molecule has 0 saturated carbocycles. The van der Waals surface area contributed by atoms with Gasteiger partial charge < -0.3 is 19.9 Å². The smallest absolute Gasteiger partial charge is 0.245 e. The number of imidazole rings is 1. The number of hydrogen-bond acceptors (Lipinski definition) is 4. The number of amides is 1. The first-order valence-corrected chi connectivity index (χ1v) is 6.25. The molecular formula is C12H20N4O2. The van der Waals surface area contributed by atoms with E-state index >= 15 is 0 Å². The molecule has 1 amide bonds. The highest BCUT2D eigenvalue weighted by Gasteiger charge is 2.25. The van der Waals surface area contributed by atoms with E-state index in [2.05, 4.69) is 4.98 Å². The number of aromatic nitrogens is 2. The lowest BCUT2D eigenvalue weighted by Crippen LogP contribution is -2.43. The van der Waals surface area contributed by atoms with E-state index in [-0.39, 0.29) is 18.0 Å².